The van der Waals surface area contributed by atoms with Crippen molar-refractivity contribution in [1.82, 2.24) is 19.9 Å². The molecule has 2 rings (SSSR count). The number of hydroxylamine groups is 1. The van der Waals surface area contributed by atoms with Crippen LogP contribution in [0.1, 0.15) is 26.5 Å². The summed E-state index contributed by atoms with van der Waals surface area (Å²) in [6, 6.07) is 0. The first-order chi connectivity index (χ1) is 7.97. The van der Waals surface area contributed by atoms with E-state index in [9.17, 15) is 5.21 Å². The Kier molecular flexibility index (Phi) is 2.71. The molecule has 6 nitrogen and oxygen atoms in total. The molecule has 0 aliphatic rings. The van der Waals surface area contributed by atoms with E-state index in [0.29, 0.717) is 11.5 Å². The Morgan fingerprint density at radius 1 is 1.35 bits per heavy atom. The lowest BCUT2D eigenvalue weighted by Crippen LogP contribution is -2.29. The molecule has 2 aromatic rings. The second-order valence-corrected chi connectivity index (χ2v) is 4.75. The summed E-state index contributed by atoms with van der Waals surface area (Å²) >= 11 is 0. The van der Waals surface area contributed by atoms with Gasteiger partial charge in [0.1, 0.15) is 11.4 Å². The van der Waals surface area contributed by atoms with Gasteiger partial charge in [-0.05, 0) is 0 Å². The highest BCUT2D eigenvalue weighted by Crippen LogP contribution is 2.11. The zero-order chi connectivity index (χ0) is 12.5. The summed E-state index contributed by atoms with van der Waals surface area (Å²) < 4.78 is 0.886. The first-order valence-corrected chi connectivity index (χ1v) is 5.33. The summed E-state index contributed by atoms with van der Waals surface area (Å²) in [4.78, 5) is 14.2. The van der Waals surface area contributed by atoms with Crippen LogP contribution in [0.2, 0.25) is 0 Å². The predicted molar refractivity (Wildman–Crippen MR) is 64.7 cm³/mol. The van der Waals surface area contributed by atoms with Crippen molar-refractivity contribution in [1.29, 1.82) is 0 Å². The van der Waals surface area contributed by atoms with Crippen LogP contribution in [0.5, 0.6) is 0 Å². The Morgan fingerprint density at radius 2 is 2.12 bits per heavy atom. The molecule has 0 aromatic carbocycles. The molecule has 0 radical (unpaired) electrons. The lowest BCUT2D eigenvalue weighted by Gasteiger charge is -2.17. The average Bonchev–Trinajstić information content (AvgIpc) is 2.83. The minimum Gasteiger partial charge on any atom is -0.623 e. The summed E-state index contributed by atoms with van der Waals surface area (Å²) in [5, 5.41) is 11.7. The minimum absolute atomic E-state index is 0.467. The van der Waals surface area contributed by atoms with Gasteiger partial charge in [-0.3, -0.25) is 0 Å². The molecular weight excluding hydrogens is 218 g/mol. The topological polar surface area (TPSA) is 83.4 Å². The average molecular weight is 233 g/mol. The maximum Gasteiger partial charge on any atom is 0.202 e. The van der Waals surface area contributed by atoms with Crippen LogP contribution in [0, 0.1) is 5.21 Å². The molecule has 0 fully saturated rings. The summed E-state index contributed by atoms with van der Waals surface area (Å²) in [6.07, 6.45) is 6.46. The lowest BCUT2D eigenvalue weighted by molar-refractivity contribution is -0.530. The molecule has 0 bridgehead atoms. The molecule has 0 aliphatic carbocycles. The summed E-state index contributed by atoms with van der Waals surface area (Å²) in [5.74, 6) is 0.639. The highest BCUT2D eigenvalue weighted by molar-refractivity contribution is 5.73. The fraction of sp³-hybridized carbons (Fsp3) is 0.364. The molecular formula is C11H15N5O. The number of hydrogen-bond donors (Lipinski definition) is 2. The van der Waals surface area contributed by atoms with E-state index in [0.717, 1.165) is 10.4 Å². The van der Waals surface area contributed by atoms with Crippen molar-refractivity contribution in [2.24, 2.45) is 0 Å². The maximum absolute atomic E-state index is 11.7. The van der Waals surface area contributed by atoms with E-state index in [4.69, 9.17) is 0 Å². The third-order valence-electron chi connectivity index (χ3n) is 2.25. The fourth-order valence-electron chi connectivity index (χ4n) is 1.24. The van der Waals surface area contributed by atoms with Crippen LogP contribution in [0.4, 0.5) is 0 Å². The van der Waals surface area contributed by atoms with Crippen LogP contribution in [0.25, 0.3) is 11.5 Å². The number of aromatic nitrogens is 4. The van der Waals surface area contributed by atoms with Crippen LogP contribution in [0.15, 0.2) is 18.7 Å². The first kappa shape index (κ1) is 11.4. The van der Waals surface area contributed by atoms with Crippen LogP contribution < -0.4 is 0 Å². The van der Waals surface area contributed by atoms with Crippen LogP contribution in [-0.4, -0.2) is 36.4 Å². The normalized spacial score (nSPS) is 13.0. The van der Waals surface area contributed by atoms with Gasteiger partial charge in [-0.15, -0.1) is 0 Å². The molecule has 0 unspecified atom stereocenters. The number of nitrogens with zero attached hydrogens (tertiary/aromatic N) is 3. The molecule has 0 aliphatic heterocycles. The molecule has 17 heavy (non-hydrogen) atoms. The van der Waals surface area contributed by atoms with Crippen molar-refractivity contribution in [2.45, 2.75) is 26.3 Å². The van der Waals surface area contributed by atoms with Gasteiger partial charge in [0.25, 0.3) is 0 Å². The molecule has 0 atom stereocenters. The quantitative estimate of drug-likeness (QED) is 0.357. The Bertz CT molecular complexity index is 518. The third kappa shape index (κ3) is 2.52. The van der Waals surface area contributed by atoms with Crippen molar-refractivity contribution in [3.63, 3.8) is 0 Å². The molecule has 2 aromatic heterocycles. The van der Waals surface area contributed by atoms with Crippen molar-refractivity contribution >= 4 is 6.21 Å². The van der Waals surface area contributed by atoms with Crippen LogP contribution >= 0.6 is 0 Å². The second kappa shape index (κ2) is 4.04. The van der Waals surface area contributed by atoms with E-state index in [1.165, 1.54) is 6.21 Å². The monoisotopic (exact) mass is 233 g/mol. The smallest absolute Gasteiger partial charge is 0.202 e. The number of hydrogen-bond acceptors (Lipinski definition) is 3. The molecule has 0 spiro atoms. The van der Waals surface area contributed by atoms with Gasteiger partial charge in [0.15, 0.2) is 11.4 Å². The fourth-order valence-corrected chi connectivity index (χ4v) is 1.24. The second-order valence-electron chi connectivity index (χ2n) is 4.75. The number of aromatic amines is 2. The highest BCUT2D eigenvalue weighted by Gasteiger charge is 2.18. The summed E-state index contributed by atoms with van der Waals surface area (Å²) in [5.41, 5.74) is 0.844. The van der Waals surface area contributed by atoms with Gasteiger partial charge in [0.05, 0.1) is 6.33 Å². The molecule has 2 heterocycles. The molecule has 0 amide bonds. The standard InChI is InChI=1S/C11H15N5O/c1-11(2,3)16(17)6-8-4-13-10(15-8)9-5-12-7-14-9/h4-7H,1-3H3,(H,12,14)(H,13,15)/b16-6-. The van der Waals surface area contributed by atoms with Gasteiger partial charge < -0.3 is 15.2 Å². The highest BCUT2D eigenvalue weighted by atomic mass is 16.5. The van der Waals surface area contributed by atoms with E-state index in [2.05, 4.69) is 19.9 Å². The van der Waals surface area contributed by atoms with E-state index >= 15 is 0 Å². The first-order valence-electron chi connectivity index (χ1n) is 5.33. The van der Waals surface area contributed by atoms with Gasteiger partial charge in [0, 0.05) is 33.2 Å². The summed E-state index contributed by atoms with van der Waals surface area (Å²) in [7, 11) is 0. The minimum atomic E-state index is -0.467. The molecule has 0 saturated heterocycles. The number of imidazole rings is 2. The van der Waals surface area contributed by atoms with Crippen molar-refractivity contribution in [2.75, 3.05) is 0 Å². The lowest BCUT2D eigenvalue weighted by atomic mass is 10.1. The Balaban J connectivity index is 2.26. The van der Waals surface area contributed by atoms with Crippen molar-refractivity contribution in [3.05, 3.63) is 29.6 Å². The van der Waals surface area contributed by atoms with Crippen LogP contribution in [0.3, 0.4) is 0 Å². The zero-order valence-corrected chi connectivity index (χ0v) is 10.1. The third-order valence-corrected chi connectivity index (χ3v) is 2.25. The number of rotatable bonds is 2. The van der Waals surface area contributed by atoms with Crippen LogP contribution in [-0.2, 0) is 0 Å². The van der Waals surface area contributed by atoms with Gasteiger partial charge in [-0.2, -0.15) is 0 Å². The molecule has 2 N–H and O–H groups in total. The van der Waals surface area contributed by atoms with Gasteiger partial charge in [-0.1, -0.05) is 0 Å². The van der Waals surface area contributed by atoms with Crippen molar-refractivity contribution in [3.8, 4) is 11.5 Å². The van der Waals surface area contributed by atoms with E-state index < -0.39 is 5.54 Å². The predicted octanol–water partition coefficient (Wildman–Crippen LogP) is 1.53. The number of H-pyrrole nitrogens is 2. The SMILES string of the molecule is CC(C)(C)/[N+]([O-])=C/c1c[nH]c(-c2c[nH]cn2)n1. The van der Waals surface area contributed by atoms with Gasteiger partial charge >= 0.3 is 0 Å². The Hall–Kier alpha value is -2.11. The van der Waals surface area contributed by atoms with E-state index in [1.54, 1.807) is 18.7 Å². The molecule has 0 saturated carbocycles. The Morgan fingerprint density at radius 3 is 2.71 bits per heavy atom. The van der Waals surface area contributed by atoms with Crippen molar-refractivity contribution < 1.29 is 4.74 Å². The van der Waals surface area contributed by atoms with Gasteiger partial charge in [-0.25, -0.2) is 14.7 Å². The largest absolute Gasteiger partial charge is 0.623 e. The molecule has 6 heteroatoms. The van der Waals surface area contributed by atoms with Gasteiger partial charge in [0.2, 0.25) is 6.21 Å². The maximum atomic E-state index is 11.7. The van der Waals surface area contributed by atoms with E-state index in [1.807, 2.05) is 20.8 Å². The Labute approximate surface area is 99.0 Å². The van der Waals surface area contributed by atoms with E-state index in [-0.39, 0.29) is 0 Å². The number of nitrogens with one attached hydrogen (secondary N) is 2. The zero-order valence-electron chi connectivity index (χ0n) is 10.1. The summed E-state index contributed by atoms with van der Waals surface area (Å²) in [6.45, 7) is 5.54. The molecule has 90 valence electrons.